The van der Waals surface area contributed by atoms with Crippen molar-refractivity contribution in [3.05, 3.63) is 48.2 Å². The fourth-order valence-corrected chi connectivity index (χ4v) is 4.50. The van der Waals surface area contributed by atoms with E-state index in [9.17, 15) is 4.79 Å². The summed E-state index contributed by atoms with van der Waals surface area (Å²) in [7, 11) is 1.68. The number of nitrogens with two attached hydrogens (primary N) is 2. The molecular formula is C22H29N5O3. The highest BCUT2D eigenvalue weighted by Crippen LogP contribution is 2.36. The first-order valence-corrected chi connectivity index (χ1v) is 10.4. The Kier molecular flexibility index (Phi) is 6.17. The number of carbonyl (C=O) groups excluding carboxylic acids is 1. The summed E-state index contributed by atoms with van der Waals surface area (Å²) in [6.45, 7) is 1.63. The molecule has 8 nitrogen and oxygen atoms in total. The molecule has 1 amide bonds. The van der Waals surface area contributed by atoms with Crippen LogP contribution in [-0.2, 0) is 16.0 Å². The van der Waals surface area contributed by atoms with Crippen LogP contribution in [0, 0.1) is 0 Å². The van der Waals surface area contributed by atoms with Crippen molar-refractivity contribution >= 4 is 16.8 Å². The summed E-state index contributed by atoms with van der Waals surface area (Å²) in [6, 6.07) is 6.23. The Balaban J connectivity index is 1.69. The molecule has 0 spiro atoms. The molecule has 0 radical (unpaired) electrons. The van der Waals surface area contributed by atoms with Gasteiger partial charge < -0.3 is 30.1 Å². The second-order valence-electron chi connectivity index (χ2n) is 7.77. The van der Waals surface area contributed by atoms with E-state index >= 15 is 0 Å². The maximum Gasteiger partial charge on any atom is 0.250 e. The number of carbonyl (C=O) groups is 1. The normalized spacial score (nSPS) is 19.4. The minimum absolute atomic E-state index is 0.253. The van der Waals surface area contributed by atoms with E-state index in [1.807, 2.05) is 16.8 Å². The Morgan fingerprint density at radius 1 is 1.20 bits per heavy atom. The zero-order valence-electron chi connectivity index (χ0n) is 17.3. The molecular weight excluding hydrogens is 382 g/mol. The highest BCUT2D eigenvalue weighted by Gasteiger charge is 2.27. The van der Waals surface area contributed by atoms with Gasteiger partial charge in [0.2, 0.25) is 0 Å². The number of ether oxygens (including phenoxy) is 2. The SMILES string of the molecule is COCCOC1CCC(n2c(CN)cc3cc(-n4ccnc4)cc(C(N)=O)c32)CC1. The van der Waals surface area contributed by atoms with E-state index < -0.39 is 5.91 Å². The van der Waals surface area contributed by atoms with Crippen LogP contribution in [0.5, 0.6) is 0 Å². The number of imidazole rings is 1. The highest BCUT2D eigenvalue weighted by molar-refractivity contribution is 6.06. The molecule has 160 valence electrons. The molecule has 0 bridgehead atoms. The van der Waals surface area contributed by atoms with Crippen LogP contribution in [0.1, 0.15) is 47.8 Å². The average Bonchev–Trinajstić information content (AvgIpc) is 3.41. The molecule has 4 rings (SSSR count). The molecule has 1 fully saturated rings. The summed E-state index contributed by atoms with van der Waals surface area (Å²) in [4.78, 5) is 16.5. The zero-order valence-corrected chi connectivity index (χ0v) is 17.3. The van der Waals surface area contributed by atoms with Crippen molar-refractivity contribution in [2.45, 2.75) is 44.4 Å². The third-order valence-electron chi connectivity index (χ3n) is 5.92. The Morgan fingerprint density at radius 3 is 2.63 bits per heavy atom. The Labute approximate surface area is 175 Å². The number of methoxy groups -OCH3 is 1. The van der Waals surface area contributed by atoms with Gasteiger partial charge in [0.05, 0.1) is 36.7 Å². The fourth-order valence-electron chi connectivity index (χ4n) is 4.50. The molecule has 0 saturated heterocycles. The van der Waals surface area contributed by atoms with Gasteiger partial charge in [-0.1, -0.05) is 0 Å². The number of nitrogens with zero attached hydrogens (tertiary/aromatic N) is 3. The van der Waals surface area contributed by atoms with E-state index in [2.05, 4.69) is 21.7 Å². The lowest BCUT2D eigenvalue weighted by Crippen LogP contribution is -2.26. The molecule has 1 aromatic carbocycles. The molecule has 8 heteroatoms. The van der Waals surface area contributed by atoms with E-state index in [-0.39, 0.29) is 12.1 Å². The average molecular weight is 412 g/mol. The van der Waals surface area contributed by atoms with Gasteiger partial charge in [0.15, 0.2) is 0 Å². The van der Waals surface area contributed by atoms with Crippen molar-refractivity contribution in [2.75, 3.05) is 20.3 Å². The number of hydrogen-bond acceptors (Lipinski definition) is 5. The molecule has 0 atom stereocenters. The first-order valence-electron chi connectivity index (χ1n) is 10.4. The Morgan fingerprint density at radius 2 is 2.00 bits per heavy atom. The van der Waals surface area contributed by atoms with Gasteiger partial charge in [0.1, 0.15) is 0 Å². The number of benzene rings is 1. The molecule has 30 heavy (non-hydrogen) atoms. The van der Waals surface area contributed by atoms with Gasteiger partial charge in [-0.05, 0) is 43.9 Å². The summed E-state index contributed by atoms with van der Waals surface area (Å²) < 4.78 is 15.1. The number of fused-ring (bicyclic) bond motifs is 1. The van der Waals surface area contributed by atoms with Crippen LogP contribution in [0.3, 0.4) is 0 Å². The van der Waals surface area contributed by atoms with Crippen molar-refractivity contribution in [3.63, 3.8) is 0 Å². The number of hydrogen-bond donors (Lipinski definition) is 2. The van der Waals surface area contributed by atoms with Crippen molar-refractivity contribution in [2.24, 2.45) is 11.5 Å². The van der Waals surface area contributed by atoms with Gasteiger partial charge >= 0.3 is 0 Å². The predicted octanol–water partition coefficient (Wildman–Crippen LogP) is 2.53. The van der Waals surface area contributed by atoms with Gasteiger partial charge in [0.25, 0.3) is 5.91 Å². The summed E-state index contributed by atoms with van der Waals surface area (Å²) >= 11 is 0. The van der Waals surface area contributed by atoms with Crippen LogP contribution >= 0.6 is 0 Å². The molecule has 1 aliphatic carbocycles. The van der Waals surface area contributed by atoms with Crippen LogP contribution in [-0.4, -0.2) is 46.5 Å². The van der Waals surface area contributed by atoms with Crippen molar-refractivity contribution in [3.8, 4) is 5.69 Å². The Hall–Kier alpha value is -2.68. The maximum absolute atomic E-state index is 12.4. The topological polar surface area (TPSA) is 110 Å². The summed E-state index contributed by atoms with van der Waals surface area (Å²) in [6.07, 6.45) is 9.38. The quantitative estimate of drug-likeness (QED) is 0.554. The minimum Gasteiger partial charge on any atom is -0.382 e. The minimum atomic E-state index is -0.443. The van der Waals surface area contributed by atoms with Crippen LogP contribution in [0.15, 0.2) is 36.9 Å². The monoisotopic (exact) mass is 411 g/mol. The standard InChI is InChI=1S/C22H29N5O3/c1-29-8-9-30-19-4-2-16(3-5-19)27-18(13-23)11-15-10-17(26-7-6-25-14-26)12-20(21(15)27)22(24)28/h6-7,10-12,14,16,19H,2-5,8-9,13,23H2,1H3,(H2,24,28). The number of aromatic nitrogens is 3. The van der Waals surface area contributed by atoms with Crippen LogP contribution in [0.2, 0.25) is 0 Å². The number of primary amides is 1. The van der Waals surface area contributed by atoms with E-state index in [1.54, 1.807) is 19.6 Å². The third-order valence-corrected chi connectivity index (χ3v) is 5.92. The van der Waals surface area contributed by atoms with Gasteiger partial charge in [-0.2, -0.15) is 0 Å². The second-order valence-corrected chi connectivity index (χ2v) is 7.77. The van der Waals surface area contributed by atoms with Gasteiger partial charge in [-0.25, -0.2) is 4.98 Å². The smallest absolute Gasteiger partial charge is 0.250 e. The van der Waals surface area contributed by atoms with Gasteiger partial charge in [0, 0.05) is 48.9 Å². The molecule has 1 saturated carbocycles. The van der Waals surface area contributed by atoms with E-state index in [4.69, 9.17) is 20.9 Å². The van der Waals surface area contributed by atoms with Crippen LogP contribution in [0.25, 0.3) is 16.6 Å². The van der Waals surface area contributed by atoms with E-state index in [0.717, 1.165) is 48.0 Å². The fraction of sp³-hybridized carbons (Fsp3) is 0.455. The van der Waals surface area contributed by atoms with Crippen LogP contribution in [0.4, 0.5) is 0 Å². The highest BCUT2D eigenvalue weighted by atomic mass is 16.5. The lowest BCUT2D eigenvalue weighted by molar-refractivity contribution is -0.00633. The number of amides is 1. The van der Waals surface area contributed by atoms with Crippen molar-refractivity contribution < 1.29 is 14.3 Å². The molecule has 2 aromatic heterocycles. The molecule has 4 N–H and O–H groups in total. The number of rotatable bonds is 8. The van der Waals surface area contributed by atoms with E-state index in [1.165, 1.54) is 0 Å². The second kappa shape index (κ2) is 8.99. The first-order chi connectivity index (χ1) is 14.6. The molecule has 0 unspecified atom stereocenters. The summed E-state index contributed by atoms with van der Waals surface area (Å²) in [5.41, 5.74) is 15.1. The van der Waals surface area contributed by atoms with E-state index in [0.29, 0.717) is 25.3 Å². The molecule has 1 aliphatic rings. The molecule has 0 aliphatic heterocycles. The lowest BCUT2D eigenvalue weighted by Gasteiger charge is -2.31. The molecule has 2 heterocycles. The summed E-state index contributed by atoms with van der Waals surface area (Å²) in [5, 5.41) is 0.967. The Bertz CT molecular complexity index is 1000. The van der Waals surface area contributed by atoms with Gasteiger partial charge in [-0.3, -0.25) is 4.79 Å². The van der Waals surface area contributed by atoms with Gasteiger partial charge in [-0.15, -0.1) is 0 Å². The van der Waals surface area contributed by atoms with Crippen molar-refractivity contribution in [1.82, 2.24) is 14.1 Å². The predicted molar refractivity (Wildman–Crippen MR) is 115 cm³/mol. The maximum atomic E-state index is 12.4. The summed E-state index contributed by atoms with van der Waals surface area (Å²) in [5.74, 6) is -0.443. The first kappa shape index (κ1) is 20.6. The third kappa shape index (κ3) is 3.98. The zero-order chi connectivity index (χ0) is 21.1. The largest absolute Gasteiger partial charge is 0.382 e. The van der Waals surface area contributed by atoms with Crippen molar-refractivity contribution in [1.29, 1.82) is 0 Å². The molecule has 3 aromatic rings. The van der Waals surface area contributed by atoms with Crippen LogP contribution < -0.4 is 11.5 Å². The lowest BCUT2D eigenvalue weighted by atomic mass is 9.92.